The maximum atomic E-state index is 10.8. The third kappa shape index (κ3) is 1.46. The molecule has 2 fully saturated rings. The van der Waals surface area contributed by atoms with Gasteiger partial charge in [-0.2, -0.15) is 0 Å². The maximum absolute atomic E-state index is 10.8. The second-order valence-corrected chi connectivity index (χ2v) is 4.57. The first-order valence-electron chi connectivity index (χ1n) is 5.08. The Morgan fingerprint density at radius 2 is 2.15 bits per heavy atom. The van der Waals surface area contributed by atoms with Crippen molar-refractivity contribution in [2.24, 2.45) is 17.8 Å². The van der Waals surface area contributed by atoms with Crippen LogP contribution in [0.2, 0.25) is 0 Å². The number of carboxylic acids is 1. The Labute approximate surface area is 78.7 Å². The summed E-state index contributed by atoms with van der Waals surface area (Å²) in [6.45, 7) is 6.44. The van der Waals surface area contributed by atoms with Crippen LogP contribution in [0.3, 0.4) is 0 Å². The van der Waals surface area contributed by atoms with Gasteiger partial charge in [0.25, 0.3) is 0 Å². The van der Waals surface area contributed by atoms with E-state index in [1.54, 1.807) is 0 Å². The third-order valence-electron chi connectivity index (χ3n) is 3.54. The topological polar surface area (TPSA) is 40.5 Å². The number of nitrogens with zero attached hydrogens (tertiary/aromatic N) is 1. The molecule has 1 heterocycles. The fraction of sp³-hybridized carbons (Fsp3) is 0.900. The van der Waals surface area contributed by atoms with E-state index in [2.05, 4.69) is 18.7 Å². The van der Waals surface area contributed by atoms with Gasteiger partial charge in [-0.25, -0.2) is 0 Å². The zero-order chi connectivity index (χ0) is 9.59. The Morgan fingerprint density at radius 1 is 1.46 bits per heavy atom. The van der Waals surface area contributed by atoms with Crippen molar-refractivity contribution in [1.29, 1.82) is 0 Å². The van der Waals surface area contributed by atoms with Gasteiger partial charge in [0.05, 0.1) is 5.92 Å². The van der Waals surface area contributed by atoms with Crippen LogP contribution in [-0.4, -0.2) is 35.1 Å². The van der Waals surface area contributed by atoms with Gasteiger partial charge in [0.2, 0.25) is 0 Å². The van der Waals surface area contributed by atoms with Crippen LogP contribution in [0.5, 0.6) is 0 Å². The van der Waals surface area contributed by atoms with E-state index in [1.807, 2.05) is 0 Å². The van der Waals surface area contributed by atoms with Crippen molar-refractivity contribution in [2.45, 2.75) is 26.3 Å². The molecule has 0 aromatic carbocycles. The predicted molar refractivity (Wildman–Crippen MR) is 49.4 cm³/mol. The Balaban J connectivity index is 1.93. The minimum Gasteiger partial charge on any atom is -0.481 e. The van der Waals surface area contributed by atoms with Crippen molar-refractivity contribution in [1.82, 2.24) is 4.90 Å². The van der Waals surface area contributed by atoms with Gasteiger partial charge in [0, 0.05) is 12.6 Å². The van der Waals surface area contributed by atoms with Gasteiger partial charge in [0.1, 0.15) is 0 Å². The highest BCUT2D eigenvalue weighted by molar-refractivity contribution is 5.74. The van der Waals surface area contributed by atoms with Crippen molar-refractivity contribution in [2.75, 3.05) is 13.1 Å². The number of rotatable bonds is 2. The summed E-state index contributed by atoms with van der Waals surface area (Å²) in [6.07, 6.45) is 1.08. The first-order chi connectivity index (χ1) is 6.11. The minimum absolute atomic E-state index is 0.0243. The van der Waals surface area contributed by atoms with Crippen LogP contribution in [-0.2, 0) is 4.79 Å². The van der Waals surface area contributed by atoms with Gasteiger partial charge in [-0.3, -0.25) is 4.79 Å². The highest BCUT2D eigenvalue weighted by Gasteiger charge is 2.56. The van der Waals surface area contributed by atoms with E-state index in [0.717, 1.165) is 19.5 Å². The van der Waals surface area contributed by atoms with E-state index in [9.17, 15) is 4.79 Å². The van der Waals surface area contributed by atoms with E-state index < -0.39 is 5.97 Å². The first-order valence-corrected chi connectivity index (χ1v) is 5.08. The van der Waals surface area contributed by atoms with Crippen LogP contribution in [0, 0.1) is 17.8 Å². The van der Waals surface area contributed by atoms with Gasteiger partial charge in [0.15, 0.2) is 0 Å². The van der Waals surface area contributed by atoms with E-state index >= 15 is 0 Å². The summed E-state index contributed by atoms with van der Waals surface area (Å²) in [5, 5.41) is 8.89. The van der Waals surface area contributed by atoms with Crippen LogP contribution in [0.15, 0.2) is 0 Å². The third-order valence-corrected chi connectivity index (χ3v) is 3.54. The molecule has 2 aliphatic rings. The molecule has 2 rings (SSSR count). The second kappa shape index (κ2) is 2.98. The Morgan fingerprint density at radius 3 is 2.69 bits per heavy atom. The van der Waals surface area contributed by atoms with Crippen LogP contribution in [0.1, 0.15) is 20.3 Å². The minimum atomic E-state index is -0.583. The lowest BCUT2D eigenvalue weighted by atomic mass is 10.1. The molecule has 1 aliphatic carbocycles. The van der Waals surface area contributed by atoms with Crippen LogP contribution < -0.4 is 0 Å². The molecule has 0 aromatic heterocycles. The zero-order valence-corrected chi connectivity index (χ0v) is 8.23. The molecule has 3 nitrogen and oxygen atoms in total. The van der Waals surface area contributed by atoms with Crippen LogP contribution in [0.4, 0.5) is 0 Å². The molecule has 3 atom stereocenters. The molecule has 0 radical (unpaired) electrons. The highest BCUT2D eigenvalue weighted by atomic mass is 16.4. The number of hydrogen-bond acceptors (Lipinski definition) is 2. The fourth-order valence-corrected chi connectivity index (χ4v) is 2.60. The maximum Gasteiger partial charge on any atom is 0.307 e. The molecular formula is C10H17NO2. The Hall–Kier alpha value is -0.570. The Bertz CT molecular complexity index is 227. The summed E-state index contributed by atoms with van der Waals surface area (Å²) in [5.74, 6) is 0.338. The van der Waals surface area contributed by atoms with Crippen LogP contribution >= 0.6 is 0 Å². The molecule has 1 aliphatic heterocycles. The summed E-state index contributed by atoms with van der Waals surface area (Å²) in [4.78, 5) is 13.2. The smallest absolute Gasteiger partial charge is 0.307 e. The lowest BCUT2D eigenvalue weighted by Crippen LogP contribution is -2.36. The van der Waals surface area contributed by atoms with Gasteiger partial charge >= 0.3 is 5.97 Å². The molecule has 1 saturated heterocycles. The molecule has 3 heteroatoms. The average molecular weight is 183 g/mol. The quantitative estimate of drug-likeness (QED) is 0.695. The number of hydrogen-bond donors (Lipinski definition) is 1. The lowest BCUT2D eigenvalue weighted by molar-refractivity contribution is -0.139. The van der Waals surface area contributed by atoms with Crippen molar-refractivity contribution in [3.63, 3.8) is 0 Å². The van der Waals surface area contributed by atoms with Gasteiger partial charge < -0.3 is 10.0 Å². The Kier molecular flexibility index (Phi) is 2.06. The monoisotopic (exact) mass is 183 g/mol. The fourth-order valence-electron chi connectivity index (χ4n) is 2.60. The van der Waals surface area contributed by atoms with E-state index in [4.69, 9.17) is 5.11 Å². The predicted octanol–water partition coefficient (Wildman–Crippen LogP) is 1.05. The number of likely N-dealkylation sites (tertiary alicyclic amines) is 1. The van der Waals surface area contributed by atoms with E-state index in [0.29, 0.717) is 17.9 Å². The summed E-state index contributed by atoms with van der Waals surface area (Å²) >= 11 is 0. The molecule has 0 amide bonds. The standard InChI is InChI=1S/C10H17NO2/c1-6(2)11-4-3-7-8(5-11)9(7)10(12)13/h6-9H,3-5H2,1-2H3,(H,12,13). The number of aliphatic carboxylic acids is 1. The number of piperidine rings is 1. The first kappa shape index (κ1) is 9.00. The van der Waals surface area contributed by atoms with E-state index in [-0.39, 0.29) is 5.92 Å². The largest absolute Gasteiger partial charge is 0.481 e. The molecule has 0 bridgehead atoms. The van der Waals surface area contributed by atoms with Crippen molar-refractivity contribution in [3.8, 4) is 0 Å². The molecule has 13 heavy (non-hydrogen) atoms. The average Bonchev–Trinajstić information content (AvgIpc) is 2.75. The summed E-state index contributed by atoms with van der Waals surface area (Å²) < 4.78 is 0. The van der Waals surface area contributed by atoms with Crippen molar-refractivity contribution in [3.05, 3.63) is 0 Å². The van der Waals surface area contributed by atoms with E-state index in [1.165, 1.54) is 0 Å². The normalized spacial score (nSPS) is 38.8. The van der Waals surface area contributed by atoms with Crippen LogP contribution in [0.25, 0.3) is 0 Å². The lowest BCUT2D eigenvalue weighted by Gasteiger charge is -2.29. The second-order valence-electron chi connectivity index (χ2n) is 4.57. The number of carboxylic acid groups (broad SMARTS) is 1. The van der Waals surface area contributed by atoms with Gasteiger partial charge in [-0.15, -0.1) is 0 Å². The SMILES string of the molecule is CC(C)N1CCC2C(C1)C2C(=O)O. The molecule has 3 unspecified atom stereocenters. The number of fused-ring (bicyclic) bond motifs is 1. The number of carbonyl (C=O) groups is 1. The molecule has 0 spiro atoms. The summed E-state index contributed by atoms with van der Waals surface area (Å²) in [6, 6.07) is 0.566. The molecular weight excluding hydrogens is 166 g/mol. The van der Waals surface area contributed by atoms with Crippen molar-refractivity contribution < 1.29 is 9.90 Å². The molecule has 1 N–H and O–H groups in total. The highest BCUT2D eigenvalue weighted by Crippen LogP contribution is 2.51. The molecule has 0 aromatic rings. The van der Waals surface area contributed by atoms with Crippen molar-refractivity contribution >= 4 is 5.97 Å². The zero-order valence-electron chi connectivity index (χ0n) is 8.23. The summed E-state index contributed by atoms with van der Waals surface area (Å²) in [7, 11) is 0. The molecule has 1 saturated carbocycles. The van der Waals surface area contributed by atoms with Gasteiger partial charge in [-0.1, -0.05) is 0 Å². The summed E-state index contributed by atoms with van der Waals surface area (Å²) in [5.41, 5.74) is 0. The van der Waals surface area contributed by atoms with Gasteiger partial charge in [-0.05, 0) is 38.6 Å². The molecule has 74 valence electrons.